The molecule has 1 aliphatic heterocycles. The van der Waals surface area contributed by atoms with Crippen LogP contribution in [0.1, 0.15) is 16.9 Å². The van der Waals surface area contributed by atoms with E-state index in [0.29, 0.717) is 12.4 Å². The third-order valence-corrected chi connectivity index (χ3v) is 2.31. The van der Waals surface area contributed by atoms with Gasteiger partial charge >= 0.3 is 0 Å². The smallest absolute Gasteiger partial charge is 0.277 e. The van der Waals surface area contributed by atoms with Gasteiger partial charge in [0.15, 0.2) is 5.69 Å². The van der Waals surface area contributed by atoms with E-state index in [1.807, 2.05) is 0 Å². The Labute approximate surface area is 79.6 Å². The highest BCUT2D eigenvalue weighted by Gasteiger charge is 2.20. The van der Waals surface area contributed by atoms with Crippen LogP contribution in [-0.4, -0.2) is 39.4 Å². The second-order valence-electron chi connectivity index (χ2n) is 2.75. The molecule has 0 aliphatic carbocycles. The first-order valence-electron chi connectivity index (χ1n) is 4.02. The molecule has 0 aromatic carbocycles. The van der Waals surface area contributed by atoms with Gasteiger partial charge < -0.3 is 9.64 Å². The molecule has 1 saturated heterocycles. The van der Waals surface area contributed by atoms with Crippen molar-refractivity contribution in [3.8, 4) is 0 Å². The van der Waals surface area contributed by atoms with Crippen LogP contribution in [0.3, 0.4) is 0 Å². The Balaban J connectivity index is 2.04. The minimum atomic E-state index is -0.0894. The lowest BCUT2D eigenvalue weighted by molar-refractivity contribution is -0.00597. The van der Waals surface area contributed by atoms with Crippen LogP contribution in [0.15, 0.2) is 6.20 Å². The molecule has 5 nitrogen and oxygen atoms in total. The Morgan fingerprint density at radius 2 is 2.62 bits per heavy atom. The average Bonchev–Trinajstić information content (AvgIpc) is 2.71. The maximum absolute atomic E-state index is 11.6. The first-order chi connectivity index (χ1) is 6.38. The fourth-order valence-corrected chi connectivity index (χ4v) is 1.59. The van der Waals surface area contributed by atoms with Crippen molar-refractivity contribution in [2.24, 2.45) is 0 Å². The molecule has 0 N–H and O–H groups in total. The van der Waals surface area contributed by atoms with Gasteiger partial charge in [-0.1, -0.05) is 0 Å². The number of carbonyl (C=O) groups is 1. The highest BCUT2D eigenvalue weighted by molar-refractivity contribution is 6.99. The lowest BCUT2D eigenvalue weighted by Gasteiger charge is -2.25. The molecule has 0 unspecified atom stereocenters. The molecular formula is C7H9N3O2S. The van der Waals surface area contributed by atoms with Crippen LogP contribution >= 0.6 is 11.7 Å². The third kappa shape index (κ3) is 1.84. The van der Waals surface area contributed by atoms with Crippen molar-refractivity contribution < 1.29 is 9.53 Å². The highest BCUT2D eigenvalue weighted by Crippen LogP contribution is 2.06. The predicted molar refractivity (Wildman–Crippen MR) is 46.4 cm³/mol. The van der Waals surface area contributed by atoms with E-state index < -0.39 is 0 Å². The topological polar surface area (TPSA) is 55.3 Å². The van der Waals surface area contributed by atoms with Crippen molar-refractivity contribution in [2.45, 2.75) is 6.42 Å². The molecule has 0 spiro atoms. The summed E-state index contributed by atoms with van der Waals surface area (Å²) < 4.78 is 12.8. The van der Waals surface area contributed by atoms with E-state index in [4.69, 9.17) is 4.74 Å². The van der Waals surface area contributed by atoms with Crippen LogP contribution in [-0.2, 0) is 4.74 Å². The molecule has 2 rings (SSSR count). The third-order valence-electron chi connectivity index (χ3n) is 1.83. The van der Waals surface area contributed by atoms with Gasteiger partial charge in [0.1, 0.15) is 6.73 Å². The summed E-state index contributed by atoms with van der Waals surface area (Å²) in [6.45, 7) is 1.85. The number of aromatic nitrogens is 2. The SMILES string of the molecule is O=C(c1cnsn1)N1CCCOC1. The molecule has 0 radical (unpaired) electrons. The lowest BCUT2D eigenvalue weighted by Crippen LogP contribution is -2.38. The van der Waals surface area contributed by atoms with E-state index in [2.05, 4.69) is 8.75 Å². The molecule has 0 bridgehead atoms. The van der Waals surface area contributed by atoms with Gasteiger partial charge in [0, 0.05) is 6.54 Å². The monoisotopic (exact) mass is 199 g/mol. The molecule has 6 heteroatoms. The summed E-state index contributed by atoms with van der Waals surface area (Å²) in [4.78, 5) is 13.3. The zero-order valence-corrected chi connectivity index (χ0v) is 7.79. The van der Waals surface area contributed by atoms with Crippen molar-refractivity contribution in [1.29, 1.82) is 0 Å². The number of nitrogens with zero attached hydrogens (tertiary/aromatic N) is 3. The summed E-state index contributed by atoms with van der Waals surface area (Å²) in [5.74, 6) is -0.0894. The van der Waals surface area contributed by atoms with Gasteiger partial charge in [-0.15, -0.1) is 0 Å². The summed E-state index contributed by atoms with van der Waals surface area (Å²) in [5.41, 5.74) is 0.413. The maximum atomic E-state index is 11.6. The van der Waals surface area contributed by atoms with E-state index in [1.54, 1.807) is 4.90 Å². The standard InChI is InChI=1S/C7H9N3O2S/c11-7(6-4-8-13-9-6)10-2-1-3-12-5-10/h4H,1-3,5H2. The largest absolute Gasteiger partial charge is 0.361 e. The van der Waals surface area contributed by atoms with Crippen molar-refractivity contribution in [2.75, 3.05) is 19.9 Å². The molecule has 1 aromatic rings. The molecule has 1 aliphatic rings. The molecule has 70 valence electrons. The van der Waals surface area contributed by atoms with E-state index >= 15 is 0 Å². The first-order valence-corrected chi connectivity index (χ1v) is 4.75. The van der Waals surface area contributed by atoms with Crippen LogP contribution in [0.2, 0.25) is 0 Å². The Kier molecular flexibility index (Phi) is 2.51. The zero-order chi connectivity index (χ0) is 9.10. The van der Waals surface area contributed by atoms with Gasteiger partial charge in [0.2, 0.25) is 0 Å². The number of hydrogen-bond donors (Lipinski definition) is 0. The molecular weight excluding hydrogens is 190 g/mol. The van der Waals surface area contributed by atoms with E-state index in [-0.39, 0.29) is 5.91 Å². The van der Waals surface area contributed by atoms with Gasteiger partial charge in [-0.25, -0.2) is 0 Å². The molecule has 0 saturated carbocycles. The number of amides is 1. The molecule has 1 aromatic heterocycles. The second kappa shape index (κ2) is 3.80. The molecule has 13 heavy (non-hydrogen) atoms. The lowest BCUT2D eigenvalue weighted by atomic mass is 10.3. The van der Waals surface area contributed by atoms with Crippen LogP contribution in [0.4, 0.5) is 0 Å². The minimum Gasteiger partial charge on any atom is -0.361 e. The van der Waals surface area contributed by atoms with Crippen molar-refractivity contribution >= 4 is 17.6 Å². The van der Waals surface area contributed by atoms with Gasteiger partial charge in [-0.05, 0) is 6.42 Å². The van der Waals surface area contributed by atoms with Gasteiger partial charge in [-0.3, -0.25) is 4.79 Å². The fourth-order valence-electron chi connectivity index (χ4n) is 1.18. The Morgan fingerprint density at radius 1 is 1.69 bits per heavy atom. The first kappa shape index (κ1) is 8.58. The van der Waals surface area contributed by atoms with Crippen molar-refractivity contribution in [3.05, 3.63) is 11.9 Å². The number of ether oxygens (including phenoxy) is 1. The Bertz CT molecular complexity index is 282. The average molecular weight is 199 g/mol. The highest BCUT2D eigenvalue weighted by atomic mass is 32.1. The van der Waals surface area contributed by atoms with E-state index in [9.17, 15) is 4.79 Å². The molecule has 1 amide bonds. The second-order valence-corrected chi connectivity index (χ2v) is 3.31. The van der Waals surface area contributed by atoms with Crippen molar-refractivity contribution in [1.82, 2.24) is 13.6 Å². The normalized spacial score (nSPS) is 17.4. The Morgan fingerprint density at radius 3 is 3.23 bits per heavy atom. The summed E-state index contributed by atoms with van der Waals surface area (Å²) >= 11 is 1.04. The molecule has 2 heterocycles. The summed E-state index contributed by atoms with van der Waals surface area (Å²) in [6.07, 6.45) is 2.38. The minimum absolute atomic E-state index is 0.0894. The van der Waals surface area contributed by atoms with Crippen LogP contribution < -0.4 is 0 Å². The van der Waals surface area contributed by atoms with Crippen LogP contribution in [0.5, 0.6) is 0 Å². The van der Waals surface area contributed by atoms with E-state index in [0.717, 1.165) is 31.3 Å². The zero-order valence-electron chi connectivity index (χ0n) is 6.97. The van der Waals surface area contributed by atoms with E-state index in [1.165, 1.54) is 6.20 Å². The number of hydrogen-bond acceptors (Lipinski definition) is 5. The van der Waals surface area contributed by atoms with Gasteiger partial charge in [0.05, 0.1) is 24.5 Å². The predicted octanol–water partition coefficient (Wildman–Crippen LogP) is 0.358. The quantitative estimate of drug-likeness (QED) is 0.655. The summed E-state index contributed by atoms with van der Waals surface area (Å²) in [5, 5.41) is 0. The maximum Gasteiger partial charge on any atom is 0.277 e. The van der Waals surface area contributed by atoms with Gasteiger partial charge in [0.25, 0.3) is 5.91 Å². The van der Waals surface area contributed by atoms with Gasteiger partial charge in [-0.2, -0.15) is 8.75 Å². The Hall–Kier alpha value is -1.01. The molecule has 1 fully saturated rings. The summed E-state index contributed by atoms with van der Waals surface area (Å²) in [6, 6.07) is 0. The number of rotatable bonds is 1. The summed E-state index contributed by atoms with van der Waals surface area (Å²) in [7, 11) is 0. The van der Waals surface area contributed by atoms with Crippen molar-refractivity contribution in [3.63, 3.8) is 0 Å². The van der Waals surface area contributed by atoms with Crippen LogP contribution in [0, 0.1) is 0 Å². The van der Waals surface area contributed by atoms with Crippen LogP contribution in [0.25, 0.3) is 0 Å². The molecule has 0 atom stereocenters. The fraction of sp³-hybridized carbons (Fsp3) is 0.571. The number of carbonyl (C=O) groups excluding carboxylic acids is 1.